The Bertz CT molecular complexity index is 556. The zero-order chi connectivity index (χ0) is 16.4. The van der Waals surface area contributed by atoms with E-state index in [9.17, 15) is 0 Å². The van der Waals surface area contributed by atoms with E-state index < -0.39 is 0 Å². The lowest BCUT2D eigenvalue weighted by Gasteiger charge is -2.53. The molecule has 1 aromatic heterocycles. The Balaban J connectivity index is 1.28. The maximum Gasteiger partial charge on any atom is 0.316 e. The smallest absolute Gasteiger partial charge is 0.316 e. The van der Waals surface area contributed by atoms with Gasteiger partial charge in [0.25, 0.3) is 0 Å². The minimum atomic E-state index is -0.0160. The SMILES string of the molecule is Cc1ccnc(O[C@H]2CCOC3(C2)CN(CC2CCOCC2)C3)n1. The summed E-state index contributed by atoms with van der Waals surface area (Å²) < 4.78 is 17.6. The van der Waals surface area contributed by atoms with E-state index in [-0.39, 0.29) is 11.7 Å². The number of nitrogens with zero attached hydrogens (tertiary/aromatic N) is 3. The van der Waals surface area contributed by atoms with E-state index in [1.807, 2.05) is 13.0 Å². The minimum absolute atomic E-state index is 0.0160. The Labute approximate surface area is 143 Å². The van der Waals surface area contributed by atoms with Gasteiger partial charge < -0.3 is 14.2 Å². The lowest BCUT2D eigenvalue weighted by Crippen LogP contribution is -2.66. The van der Waals surface area contributed by atoms with Crippen LogP contribution in [0.1, 0.15) is 31.4 Å². The van der Waals surface area contributed by atoms with Gasteiger partial charge in [-0.15, -0.1) is 0 Å². The van der Waals surface area contributed by atoms with E-state index in [0.717, 1.165) is 57.4 Å². The highest BCUT2D eigenvalue weighted by Gasteiger charge is 2.48. The molecule has 0 unspecified atom stereocenters. The van der Waals surface area contributed by atoms with Crippen LogP contribution < -0.4 is 4.74 Å². The molecule has 0 bridgehead atoms. The first-order valence-electron chi connectivity index (χ1n) is 9.11. The Morgan fingerprint density at radius 2 is 2.08 bits per heavy atom. The van der Waals surface area contributed by atoms with Crippen molar-refractivity contribution < 1.29 is 14.2 Å². The molecular formula is C18H27N3O3. The molecule has 0 saturated carbocycles. The highest BCUT2D eigenvalue weighted by atomic mass is 16.5. The van der Waals surface area contributed by atoms with Gasteiger partial charge in [-0.1, -0.05) is 0 Å². The van der Waals surface area contributed by atoms with Crippen molar-refractivity contribution in [2.45, 2.75) is 44.3 Å². The molecule has 1 spiro atoms. The fourth-order valence-electron chi connectivity index (χ4n) is 4.13. The molecule has 24 heavy (non-hydrogen) atoms. The average Bonchev–Trinajstić information content (AvgIpc) is 2.55. The molecular weight excluding hydrogens is 306 g/mol. The van der Waals surface area contributed by atoms with E-state index in [1.54, 1.807) is 6.20 Å². The molecule has 3 aliphatic rings. The first-order valence-corrected chi connectivity index (χ1v) is 9.11. The number of hydrogen-bond donors (Lipinski definition) is 0. The van der Waals surface area contributed by atoms with Crippen LogP contribution in [0.5, 0.6) is 6.01 Å². The first-order chi connectivity index (χ1) is 11.7. The maximum absolute atomic E-state index is 6.13. The van der Waals surface area contributed by atoms with Gasteiger partial charge in [-0.3, -0.25) is 4.90 Å². The van der Waals surface area contributed by atoms with E-state index >= 15 is 0 Å². The highest BCUT2D eigenvalue weighted by Crippen LogP contribution is 2.36. The first kappa shape index (κ1) is 16.2. The van der Waals surface area contributed by atoms with Gasteiger partial charge in [0.2, 0.25) is 0 Å². The van der Waals surface area contributed by atoms with Gasteiger partial charge in [-0.05, 0) is 31.7 Å². The molecule has 1 aromatic rings. The second-order valence-electron chi connectivity index (χ2n) is 7.47. The molecule has 3 aliphatic heterocycles. The van der Waals surface area contributed by atoms with Gasteiger partial charge >= 0.3 is 6.01 Å². The maximum atomic E-state index is 6.13. The standard InChI is InChI=1S/C18H27N3O3/c1-14-2-6-19-17(20-14)24-16-5-9-23-18(10-16)12-21(13-18)11-15-3-7-22-8-4-15/h2,6,15-16H,3-5,7-13H2,1H3/t16-/m0/s1. The molecule has 3 fully saturated rings. The van der Waals surface area contributed by atoms with E-state index in [4.69, 9.17) is 14.2 Å². The van der Waals surface area contributed by atoms with E-state index in [0.29, 0.717) is 6.01 Å². The van der Waals surface area contributed by atoms with Crippen LogP contribution in [0.15, 0.2) is 12.3 Å². The largest absolute Gasteiger partial charge is 0.460 e. The molecule has 6 heteroatoms. The Kier molecular flexibility index (Phi) is 4.70. The second kappa shape index (κ2) is 6.94. The third-order valence-corrected chi connectivity index (χ3v) is 5.37. The van der Waals surface area contributed by atoms with Gasteiger partial charge in [-0.25, -0.2) is 9.97 Å². The molecule has 0 amide bonds. The third-order valence-electron chi connectivity index (χ3n) is 5.37. The highest BCUT2D eigenvalue weighted by molar-refractivity contribution is 5.06. The average molecular weight is 333 g/mol. The Morgan fingerprint density at radius 3 is 2.88 bits per heavy atom. The molecule has 0 aliphatic carbocycles. The summed E-state index contributed by atoms with van der Waals surface area (Å²) in [5.41, 5.74) is 0.922. The molecule has 4 rings (SSSR count). The molecule has 0 aromatic carbocycles. The molecule has 132 valence electrons. The predicted molar refractivity (Wildman–Crippen MR) is 89.1 cm³/mol. The summed E-state index contributed by atoms with van der Waals surface area (Å²) in [6.45, 7) is 7.81. The molecule has 4 heterocycles. The number of rotatable bonds is 4. The van der Waals surface area contributed by atoms with Gasteiger partial charge in [0.15, 0.2) is 0 Å². The quantitative estimate of drug-likeness (QED) is 0.838. The Hall–Kier alpha value is -1.24. The van der Waals surface area contributed by atoms with E-state index in [2.05, 4.69) is 14.9 Å². The monoisotopic (exact) mass is 333 g/mol. The zero-order valence-corrected chi connectivity index (χ0v) is 14.4. The van der Waals surface area contributed by atoms with Crippen molar-refractivity contribution in [3.63, 3.8) is 0 Å². The van der Waals surface area contributed by atoms with Gasteiger partial charge in [0.1, 0.15) is 6.10 Å². The van der Waals surface area contributed by atoms with Crippen LogP contribution in [0.4, 0.5) is 0 Å². The van der Waals surface area contributed by atoms with Gasteiger partial charge in [0.05, 0.1) is 12.2 Å². The van der Waals surface area contributed by atoms with Crippen molar-refractivity contribution >= 4 is 0 Å². The zero-order valence-electron chi connectivity index (χ0n) is 14.4. The topological polar surface area (TPSA) is 56.7 Å². The fraction of sp³-hybridized carbons (Fsp3) is 0.778. The van der Waals surface area contributed by atoms with Gasteiger partial charge in [-0.2, -0.15) is 0 Å². The molecule has 3 saturated heterocycles. The third kappa shape index (κ3) is 3.71. The summed E-state index contributed by atoms with van der Waals surface area (Å²) in [6, 6.07) is 2.38. The number of aromatic nitrogens is 2. The second-order valence-corrected chi connectivity index (χ2v) is 7.47. The van der Waals surface area contributed by atoms with Crippen LogP contribution >= 0.6 is 0 Å². The Morgan fingerprint density at radius 1 is 1.25 bits per heavy atom. The summed E-state index contributed by atoms with van der Waals surface area (Å²) in [6.07, 6.45) is 6.16. The van der Waals surface area contributed by atoms with Crippen LogP contribution in [-0.2, 0) is 9.47 Å². The molecule has 1 atom stereocenters. The summed E-state index contributed by atoms with van der Waals surface area (Å²) in [5.74, 6) is 0.785. The summed E-state index contributed by atoms with van der Waals surface area (Å²) in [7, 11) is 0. The predicted octanol–water partition coefficient (Wildman–Crippen LogP) is 1.82. The molecule has 6 nitrogen and oxygen atoms in total. The molecule has 0 N–H and O–H groups in total. The van der Waals surface area contributed by atoms with Crippen LogP contribution in [-0.4, -0.2) is 66.0 Å². The van der Waals surface area contributed by atoms with Gasteiger partial charge in [0, 0.05) is 57.6 Å². The van der Waals surface area contributed by atoms with Crippen LogP contribution in [0.25, 0.3) is 0 Å². The summed E-state index contributed by atoms with van der Waals surface area (Å²) in [5, 5.41) is 0. The summed E-state index contributed by atoms with van der Waals surface area (Å²) >= 11 is 0. The molecule has 0 radical (unpaired) electrons. The van der Waals surface area contributed by atoms with Crippen LogP contribution in [0.2, 0.25) is 0 Å². The van der Waals surface area contributed by atoms with Crippen molar-refractivity contribution in [2.24, 2.45) is 5.92 Å². The van der Waals surface area contributed by atoms with Crippen LogP contribution in [0, 0.1) is 12.8 Å². The van der Waals surface area contributed by atoms with Crippen molar-refractivity contribution in [2.75, 3.05) is 39.5 Å². The van der Waals surface area contributed by atoms with E-state index in [1.165, 1.54) is 19.4 Å². The minimum Gasteiger partial charge on any atom is -0.460 e. The number of ether oxygens (including phenoxy) is 3. The summed E-state index contributed by atoms with van der Waals surface area (Å²) in [4.78, 5) is 11.1. The number of hydrogen-bond acceptors (Lipinski definition) is 6. The number of aryl methyl sites for hydroxylation is 1. The van der Waals surface area contributed by atoms with Crippen molar-refractivity contribution in [1.82, 2.24) is 14.9 Å². The lowest BCUT2D eigenvalue weighted by molar-refractivity contribution is -0.189. The fourth-order valence-corrected chi connectivity index (χ4v) is 4.13. The normalized spacial score (nSPS) is 27.8. The number of likely N-dealkylation sites (tertiary alicyclic amines) is 1. The van der Waals surface area contributed by atoms with Crippen molar-refractivity contribution in [3.8, 4) is 6.01 Å². The lowest BCUT2D eigenvalue weighted by atomic mass is 9.83. The van der Waals surface area contributed by atoms with Crippen molar-refractivity contribution in [3.05, 3.63) is 18.0 Å². The van der Waals surface area contributed by atoms with Crippen molar-refractivity contribution in [1.29, 1.82) is 0 Å². The van der Waals surface area contributed by atoms with Crippen LogP contribution in [0.3, 0.4) is 0 Å².